The molecule has 4 fully saturated rings. The second-order valence-corrected chi connectivity index (χ2v) is 13.1. The summed E-state index contributed by atoms with van der Waals surface area (Å²) < 4.78 is 12.4. The van der Waals surface area contributed by atoms with Gasteiger partial charge in [-0.2, -0.15) is 0 Å². The quantitative estimate of drug-likeness (QED) is 0.232. The number of hydrogen-bond donors (Lipinski definition) is 0. The van der Waals surface area contributed by atoms with E-state index in [1.54, 1.807) is 0 Å². The normalized spacial score (nSPS) is 32.1. The van der Waals surface area contributed by atoms with E-state index in [9.17, 15) is 9.59 Å². The SMILES string of the molecule is CCCCN1CC2C(c3ccccc3)CC2(OC(=O)/C=C\C(=O)OC23CC(c4ccccc4)C2CN(CCCC)C3)C1. The second-order valence-electron chi connectivity index (χ2n) is 13.1. The highest BCUT2D eigenvalue weighted by molar-refractivity contribution is 5.92. The summed E-state index contributed by atoms with van der Waals surface area (Å²) >= 11 is 0. The van der Waals surface area contributed by atoms with E-state index in [1.807, 2.05) is 12.1 Å². The first-order valence-electron chi connectivity index (χ1n) is 16.1. The van der Waals surface area contributed by atoms with Gasteiger partial charge in [0.05, 0.1) is 0 Å². The molecule has 2 saturated carbocycles. The number of carbonyl (C=O) groups excluding carboxylic acids is 2. The maximum atomic E-state index is 13.1. The zero-order chi connectivity index (χ0) is 29.2. The molecule has 4 aliphatic rings. The van der Waals surface area contributed by atoms with Crippen LogP contribution in [0.4, 0.5) is 0 Å². The highest BCUT2D eigenvalue weighted by atomic mass is 16.6. The van der Waals surface area contributed by atoms with Crippen LogP contribution in [0.1, 0.15) is 75.3 Å². The Morgan fingerprint density at radius 2 is 1.12 bits per heavy atom. The van der Waals surface area contributed by atoms with Crippen LogP contribution in [0.5, 0.6) is 0 Å². The Bertz CT molecular complexity index is 1170. The lowest BCUT2D eigenvalue weighted by atomic mass is 9.60. The minimum absolute atomic E-state index is 0.276. The average molecular weight is 571 g/mol. The van der Waals surface area contributed by atoms with Crippen LogP contribution >= 0.6 is 0 Å². The molecular formula is C36H46N2O4. The van der Waals surface area contributed by atoms with Gasteiger partial charge in [-0.15, -0.1) is 0 Å². The van der Waals surface area contributed by atoms with Crippen LogP contribution in [0.15, 0.2) is 72.8 Å². The van der Waals surface area contributed by atoms with Crippen LogP contribution in [0.3, 0.4) is 0 Å². The van der Waals surface area contributed by atoms with E-state index in [4.69, 9.17) is 9.47 Å². The first kappa shape index (κ1) is 29.1. The molecule has 0 spiro atoms. The molecule has 6 rings (SSSR count). The predicted molar refractivity (Wildman–Crippen MR) is 164 cm³/mol. The fourth-order valence-corrected chi connectivity index (χ4v) is 8.25. The molecule has 2 aliphatic carbocycles. The van der Waals surface area contributed by atoms with Crippen LogP contribution in [-0.2, 0) is 19.1 Å². The number of unbranched alkanes of at least 4 members (excludes halogenated alkanes) is 2. The van der Waals surface area contributed by atoms with Crippen molar-refractivity contribution in [2.45, 2.75) is 75.4 Å². The third-order valence-electron chi connectivity index (χ3n) is 10.4. The van der Waals surface area contributed by atoms with E-state index in [0.29, 0.717) is 11.8 Å². The third kappa shape index (κ3) is 5.68. The second kappa shape index (κ2) is 12.3. The van der Waals surface area contributed by atoms with Crippen LogP contribution < -0.4 is 0 Å². The van der Waals surface area contributed by atoms with Gasteiger partial charge in [0.2, 0.25) is 0 Å². The highest BCUT2D eigenvalue weighted by Crippen LogP contribution is 2.57. The summed E-state index contributed by atoms with van der Waals surface area (Å²) in [6, 6.07) is 21.2. The summed E-state index contributed by atoms with van der Waals surface area (Å²) in [7, 11) is 0. The van der Waals surface area contributed by atoms with E-state index in [1.165, 1.54) is 23.3 Å². The van der Waals surface area contributed by atoms with Crippen molar-refractivity contribution in [2.75, 3.05) is 39.3 Å². The Kier molecular flexibility index (Phi) is 8.56. The van der Waals surface area contributed by atoms with Gasteiger partial charge in [-0.05, 0) is 61.7 Å². The first-order valence-corrected chi connectivity index (χ1v) is 16.1. The van der Waals surface area contributed by atoms with Gasteiger partial charge >= 0.3 is 11.9 Å². The summed E-state index contributed by atoms with van der Waals surface area (Å²) in [5.74, 6) is 0.453. The lowest BCUT2D eigenvalue weighted by Gasteiger charge is -2.50. The topological polar surface area (TPSA) is 59.1 Å². The minimum atomic E-state index is -0.481. The van der Waals surface area contributed by atoms with E-state index in [-0.39, 0.29) is 11.8 Å². The maximum absolute atomic E-state index is 13.1. The van der Waals surface area contributed by atoms with Crippen LogP contribution in [0, 0.1) is 11.8 Å². The maximum Gasteiger partial charge on any atom is 0.331 e. The van der Waals surface area contributed by atoms with Crippen LogP contribution in [0.2, 0.25) is 0 Å². The van der Waals surface area contributed by atoms with Crippen molar-refractivity contribution in [2.24, 2.45) is 11.8 Å². The fourth-order valence-electron chi connectivity index (χ4n) is 8.25. The van der Waals surface area contributed by atoms with E-state index >= 15 is 0 Å². The number of fused-ring (bicyclic) bond motifs is 2. The Morgan fingerprint density at radius 1 is 0.714 bits per heavy atom. The van der Waals surface area contributed by atoms with Crippen LogP contribution in [-0.4, -0.2) is 72.2 Å². The molecule has 6 unspecified atom stereocenters. The monoisotopic (exact) mass is 570 g/mol. The van der Waals surface area contributed by atoms with Gasteiger partial charge < -0.3 is 9.47 Å². The molecule has 0 bridgehead atoms. The number of hydrogen-bond acceptors (Lipinski definition) is 6. The van der Waals surface area contributed by atoms with Crippen molar-refractivity contribution in [3.8, 4) is 0 Å². The molecule has 2 aromatic carbocycles. The molecule has 0 amide bonds. The van der Waals surface area contributed by atoms with E-state index < -0.39 is 23.1 Å². The Balaban J connectivity index is 1.09. The molecule has 6 atom stereocenters. The zero-order valence-electron chi connectivity index (χ0n) is 25.3. The molecule has 2 saturated heterocycles. The lowest BCUT2D eigenvalue weighted by Crippen LogP contribution is -2.55. The van der Waals surface area contributed by atoms with Gasteiger partial charge in [-0.1, -0.05) is 87.4 Å². The Labute approximate surface area is 251 Å². The Hall–Kier alpha value is -2.96. The number of benzene rings is 2. The van der Waals surface area contributed by atoms with Crippen LogP contribution in [0.25, 0.3) is 0 Å². The Morgan fingerprint density at radius 3 is 1.50 bits per heavy atom. The molecule has 0 aromatic heterocycles. The molecule has 42 heavy (non-hydrogen) atoms. The number of ether oxygens (including phenoxy) is 2. The number of carbonyl (C=O) groups is 2. The molecule has 2 aliphatic heterocycles. The molecule has 0 N–H and O–H groups in total. The zero-order valence-corrected chi connectivity index (χ0v) is 25.3. The lowest BCUT2D eigenvalue weighted by molar-refractivity contribution is -0.174. The van der Waals surface area contributed by atoms with Gasteiger partial charge in [0.1, 0.15) is 11.2 Å². The average Bonchev–Trinajstić information content (AvgIpc) is 3.41. The molecule has 224 valence electrons. The van der Waals surface area contributed by atoms with Gasteiger partial charge in [-0.3, -0.25) is 9.80 Å². The fraction of sp³-hybridized carbons (Fsp3) is 0.556. The molecular weight excluding hydrogens is 524 g/mol. The van der Waals surface area contributed by atoms with Gasteiger partial charge in [0.15, 0.2) is 0 Å². The number of likely N-dealkylation sites (tertiary alicyclic amines) is 2. The van der Waals surface area contributed by atoms with Crippen molar-refractivity contribution in [3.05, 3.63) is 83.9 Å². The largest absolute Gasteiger partial charge is 0.454 e. The summed E-state index contributed by atoms with van der Waals surface area (Å²) in [5.41, 5.74) is 1.67. The van der Waals surface area contributed by atoms with Crippen molar-refractivity contribution in [1.29, 1.82) is 0 Å². The van der Waals surface area contributed by atoms with Crippen molar-refractivity contribution in [3.63, 3.8) is 0 Å². The van der Waals surface area contributed by atoms with Gasteiger partial charge in [-0.25, -0.2) is 9.59 Å². The number of nitrogens with zero attached hydrogens (tertiary/aromatic N) is 2. The number of esters is 2. The summed E-state index contributed by atoms with van der Waals surface area (Å²) in [5, 5.41) is 0. The molecule has 2 aromatic rings. The highest BCUT2D eigenvalue weighted by Gasteiger charge is 2.62. The summed E-state index contributed by atoms with van der Waals surface area (Å²) in [4.78, 5) is 31.1. The molecule has 6 nitrogen and oxygen atoms in total. The third-order valence-corrected chi connectivity index (χ3v) is 10.4. The summed E-state index contributed by atoms with van der Waals surface area (Å²) in [6.07, 6.45) is 8.81. The standard InChI is InChI=1S/C36H46N2O4/c1-3-5-19-37-23-31-29(27-13-9-7-10-14-27)21-35(31,25-37)41-33(39)17-18-34(40)42-36-22-30(28-15-11-8-12-16-28)32(36)24-38(26-36)20-6-4-2/h7-18,29-32H,3-6,19-26H2,1-2H3/b18-17-. The first-order chi connectivity index (χ1) is 20.4. The summed E-state index contributed by atoms with van der Waals surface area (Å²) in [6.45, 7) is 9.89. The minimum Gasteiger partial charge on any atom is -0.454 e. The molecule has 2 heterocycles. The van der Waals surface area contributed by atoms with E-state index in [0.717, 1.165) is 77.8 Å². The molecule has 0 radical (unpaired) electrons. The van der Waals surface area contributed by atoms with Crippen molar-refractivity contribution in [1.82, 2.24) is 9.80 Å². The van der Waals surface area contributed by atoms with Gasteiger partial charge in [0, 0.05) is 50.2 Å². The van der Waals surface area contributed by atoms with E-state index in [2.05, 4.69) is 72.2 Å². The van der Waals surface area contributed by atoms with Crippen molar-refractivity contribution < 1.29 is 19.1 Å². The smallest absolute Gasteiger partial charge is 0.331 e. The molecule has 6 heteroatoms. The van der Waals surface area contributed by atoms with Gasteiger partial charge in [0.25, 0.3) is 0 Å². The predicted octanol–water partition coefficient (Wildman–Crippen LogP) is 5.95. The van der Waals surface area contributed by atoms with Crippen molar-refractivity contribution >= 4 is 11.9 Å². The number of rotatable bonds is 12.